The number of hydrogen-bond donors (Lipinski definition) is 0. The van der Waals surface area contributed by atoms with Crippen molar-refractivity contribution in [2.75, 3.05) is 4.90 Å². The molecule has 2 heterocycles. The van der Waals surface area contributed by atoms with Gasteiger partial charge >= 0.3 is 0 Å². The lowest BCUT2D eigenvalue weighted by Crippen LogP contribution is -2.26. The molecule has 2 aliphatic rings. The zero-order valence-electron chi connectivity index (χ0n) is 33.5. The van der Waals surface area contributed by atoms with Crippen molar-refractivity contribution < 1.29 is 8.83 Å². The molecular formula is C59H35NO2. The van der Waals surface area contributed by atoms with Crippen LogP contribution in [0.3, 0.4) is 0 Å². The smallest absolute Gasteiger partial charge is 0.143 e. The van der Waals surface area contributed by atoms with Gasteiger partial charge in [-0.25, -0.2) is 0 Å². The summed E-state index contributed by atoms with van der Waals surface area (Å²) in [5.74, 6) is 0. The van der Waals surface area contributed by atoms with Crippen molar-refractivity contribution in [3.8, 4) is 33.4 Å². The number of anilines is 3. The number of para-hydroxylation sites is 2. The molecular weight excluding hydrogens is 755 g/mol. The van der Waals surface area contributed by atoms with Gasteiger partial charge in [0.15, 0.2) is 0 Å². The van der Waals surface area contributed by atoms with E-state index >= 15 is 0 Å². The van der Waals surface area contributed by atoms with Gasteiger partial charge in [0.2, 0.25) is 0 Å². The number of fused-ring (bicyclic) bond motifs is 18. The number of benzene rings is 10. The van der Waals surface area contributed by atoms with Crippen LogP contribution in [0.15, 0.2) is 221 Å². The number of hydrogen-bond acceptors (Lipinski definition) is 3. The lowest BCUT2D eigenvalue weighted by atomic mass is 9.70. The van der Waals surface area contributed by atoms with Gasteiger partial charge in [-0.05, 0) is 116 Å². The molecule has 0 radical (unpaired) electrons. The first-order valence-corrected chi connectivity index (χ1v) is 21.3. The highest BCUT2D eigenvalue weighted by Gasteiger charge is 2.51. The van der Waals surface area contributed by atoms with Crippen LogP contribution < -0.4 is 4.90 Å². The van der Waals surface area contributed by atoms with Crippen LogP contribution in [-0.4, -0.2) is 0 Å². The van der Waals surface area contributed by atoms with Gasteiger partial charge in [-0.2, -0.15) is 0 Å². The van der Waals surface area contributed by atoms with E-state index in [2.05, 4.69) is 211 Å². The zero-order chi connectivity index (χ0) is 40.5. The molecule has 0 saturated heterocycles. The van der Waals surface area contributed by atoms with E-state index in [4.69, 9.17) is 8.83 Å². The van der Waals surface area contributed by atoms with Crippen molar-refractivity contribution in [3.63, 3.8) is 0 Å². The first-order chi connectivity index (χ1) is 30.7. The predicted octanol–water partition coefficient (Wildman–Crippen LogP) is 16.1. The molecule has 12 aromatic rings. The molecule has 0 amide bonds. The van der Waals surface area contributed by atoms with Gasteiger partial charge in [0.05, 0.1) is 11.1 Å². The molecule has 0 saturated carbocycles. The SMILES string of the molecule is c1ccc(N(c2ccc3c(c2)C2(c4ccccc4-c4ccccc42)c2ccccc2-3)c2ccc3oc4ccccc4c3c2)c(-c2ccc3oc4c5ccccc5ccc4c3c2)c1. The summed E-state index contributed by atoms with van der Waals surface area (Å²) in [7, 11) is 0. The predicted molar refractivity (Wildman–Crippen MR) is 255 cm³/mol. The quantitative estimate of drug-likeness (QED) is 0.178. The number of nitrogens with zero attached hydrogens (tertiary/aromatic N) is 1. The van der Waals surface area contributed by atoms with Gasteiger partial charge in [0.1, 0.15) is 22.3 Å². The molecule has 0 unspecified atom stereocenters. The Bertz CT molecular complexity index is 3780. The van der Waals surface area contributed by atoms with Crippen molar-refractivity contribution in [1.29, 1.82) is 0 Å². The summed E-state index contributed by atoms with van der Waals surface area (Å²) in [5.41, 5.74) is 19.0. The average Bonchev–Trinajstić information content (AvgIpc) is 4.07. The van der Waals surface area contributed by atoms with E-state index in [0.717, 1.165) is 77.5 Å². The van der Waals surface area contributed by atoms with Gasteiger partial charge in [0.25, 0.3) is 0 Å². The Morgan fingerprint density at radius 3 is 1.65 bits per heavy atom. The Labute approximate surface area is 357 Å². The molecule has 2 aliphatic carbocycles. The van der Waals surface area contributed by atoms with Gasteiger partial charge in [-0.3, -0.25) is 0 Å². The van der Waals surface area contributed by atoms with E-state index in [0.29, 0.717) is 0 Å². The Morgan fingerprint density at radius 2 is 0.871 bits per heavy atom. The molecule has 0 N–H and O–H groups in total. The molecule has 3 nitrogen and oxygen atoms in total. The van der Waals surface area contributed by atoms with Crippen LogP contribution >= 0.6 is 0 Å². The number of furan rings is 2. The molecule has 1 spiro atoms. The topological polar surface area (TPSA) is 29.5 Å². The van der Waals surface area contributed by atoms with Crippen molar-refractivity contribution in [1.82, 2.24) is 0 Å². The summed E-state index contributed by atoms with van der Waals surface area (Å²) < 4.78 is 13.0. The fourth-order valence-corrected chi connectivity index (χ4v) is 11.1. The number of rotatable bonds is 4. The second kappa shape index (κ2) is 12.4. The van der Waals surface area contributed by atoms with E-state index in [1.807, 2.05) is 6.07 Å². The highest BCUT2D eigenvalue weighted by molar-refractivity contribution is 6.16. The van der Waals surface area contributed by atoms with Gasteiger partial charge < -0.3 is 13.7 Å². The minimum atomic E-state index is -0.470. The second-order valence-corrected chi connectivity index (χ2v) is 16.7. The molecule has 10 aromatic carbocycles. The van der Waals surface area contributed by atoms with Crippen LogP contribution in [-0.2, 0) is 5.41 Å². The minimum absolute atomic E-state index is 0.470. The second-order valence-electron chi connectivity index (χ2n) is 16.7. The van der Waals surface area contributed by atoms with Crippen LogP contribution in [0.25, 0.3) is 88.0 Å². The Balaban J connectivity index is 1.03. The van der Waals surface area contributed by atoms with Crippen LogP contribution in [0.1, 0.15) is 22.3 Å². The van der Waals surface area contributed by atoms with E-state index in [1.54, 1.807) is 0 Å². The molecule has 0 bridgehead atoms. The highest BCUT2D eigenvalue weighted by atomic mass is 16.3. The summed E-state index contributed by atoms with van der Waals surface area (Å²) in [6.45, 7) is 0. The van der Waals surface area contributed by atoms with E-state index in [9.17, 15) is 0 Å². The third-order valence-corrected chi connectivity index (χ3v) is 13.7. The molecule has 0 aliphatic heterocycles. The maximum atomic E-state index is 6.59. The molecule has 14 rings (SSSR count). The molecule has 3 heteroatoms. The molecule has 62 heavy (non-hydrogen) atoms. The highest BCUT2D eigenvalue weighted by Crippen LogP contribution is 2.63. The van der Waals surface area contributed by atoms with E-state index in [1.165, 1.54) is 49.9 Å². The van der Waals surface area contributed by atoms with Crippen molar-refractivity contribution in [2.24, 2.45) is 0 Å². The third kappa shape index (κ3) is 4.44. The first-order valence-electron chi connectivity index (χ1n) is 21.3. The van der Waals surface area contributed by atoms with E-state index in [-0.39, 0.29) is 0 Å². The van der Waals surface area contributed by atoms with Crippen LogP contribution in [0.2, 0.25) is 0 Å². The Kier molecular flexibility index (Phi) is 6.76. The van der Waals surface area contributed by atoms with Crippen LogP contribution in [0.5, 0.6) is 0 Å². The average molecular weight is 790 g/mol. The van der Waals surface area contributed by atoms with Crippen molar-refractivity contribution >= 4 is 71.7 Å². The Hall–Kier alpha value is -8.14. The molecule has 0 atom stereocenters. The first kappa shape index (κ1) is 33.7. The lowest BCUT2D eigenvalue weighted by molar-refractivity contribution is 0.669. The fraction of sp³-hybridized carbons (Fsp3) is 0.0169. The normalized spacial score (nSPS) is 13.3. The summed E-state index contributed by atoms with van der Waals surface area (Å²) in [5, 5.41) is 6.71. The minimum Gasteiger partial charge on any atom is -0.456 e. The van der Waals surface area contributed by atoms with Gasteiger partial charge in [-0.1, -0.05) is 152 Å². The lowest BCUT2D eigenvalue weighted by Gasteiger charge is -2.32. The summed E-state index contributed by atoms with van der Waals surface area (Å²) in [6, 6.07) is 77.5. The largest absolute Gasteiger partial charge is 0.456 e. The summed E-state index contributed by atoms with van der Waals surface area (Å²) in [4.78, 5) is 2.45. The summed E-state index contributed by atoms with van der Waals surface area (Å²) >= 11 is 0. The zero-order valence-corrected chi connectivity index (χ0v) is 33.5. The molecule has 2 aromatic heterocycles. The maximum absolute atomic E-state index is 6.59. The third-order valence-electron chi connectivity index (χ3n) is 13.7. The summed E-state index contributed by atoms with van der Waals surface area (Å²) in [6.07, 6.45) is 0. The van der Waals surface area contributed by atoms with Crippen LogP contribution in [0.4, 0.5) is 17.1 Å². The standard InChI is InChI=1S/C59H35NO2/c1-2-15-41-36(13-1)25-29-47-48-33-37(26-31-57(48)62-58(41)47)40-14-6-11-23-54(40)60(38-28-32-56-49(34-38)46-19-7-12-24-55(46)61-56)39-27-30-45-44-18-5-10-22-52(44)59(53(45)35-39)50-20-8-3-16-42(50)43-17-4-9-21-51(43)59/h1-35H. The molecule has 0 fully saturated rings. The van der Waals surface area contributed by atoms with Crippen molar-refractivity contribution in [3.05, 3.63) is 235 Å². The van der Waals surface area contributed by atoms with Gasteiger partial charge in [-0.15, -0.1) is 0 Å². The molecule has 288 valence electrons. The monoisotopic (exact) mass is 789 g/mol. The maximum Gasteiger partial charge on any atom is 0.143 e. The fourth-order valence-electron chi connectivity index (χ4n) is 11.1. The van der Waals surface area contributed by atoms with Crippen LogP contribution in [0, 0.1) is 0 Å². The van der Waals surface area contributed by atoms with Gasteiger partial charge in [0, 0.05) is 43.9 Å². The van der Waals surface area contributed by atoms with Crippen molar-refractivity contribution in [2.45, 2.75) is 5.41 Å². The van der Waals surface area contributed by atoms with E-state index < -0.39 is 5.41 Å². The Morgan fingerprint density at radius 1 is 0.323 bits per heavy atom.